The standard InChI is InChI=1S/C38H36Cl2N6O5/c1-51-36-23(18-41-20-25-11-13-33(47)43-25)10-12-30(44-36)29-8-3-7-28(35(29)40)27-6-2-5-26(34(27)39)22-14-16-46-32(17-22)42-19-24(37(46)48)21-45-15-4-9-31(45)38(49)50/h2-3,5-8,10,12,14,16-17,19,25,31,41H,4,9,11,13,15,18,20-21H2,1H3,(H,43,47)(H,49,50)/t25-,31+/m1/s1. The molecule has 1 amide bonds. The summed E-state index contributed by atoms with van der Waals surface area (Å²) >= 11 is 14.2. The van der Waals surface area contributed by atoms with E-state index < -0.39 is 12.0 Å². The number of aliphatic carboxylic acids is 1. The molecule has 7 rings (SSSR count). The summed E-state index contributed by atoms with van der Waals surface area (Å²) in [7, 11) is 1.58. The molecular weight excluding hydrogens is 691 g/mol. The molecule has 5 heterocycles. The van der Waals surface area contributed by atoms with Crippen LogP contribution in [0, 0.1) is 0 Å². The van der Waals surface area contributed by atoms with Gasteiger partial charge in [0.15, 0.2) is 0 Å². The Kier molecular flexibility index (Phi) is 10.1. The third-order valence-corrected chi connectivity index (χ3v) is 10.4. The minimum atomic E-state index is -0.873. The summed E-state index contributed by atoms with van der Waals surface area (Å²) in [5.41, 5.74) is 5.87. The summed E-state index contributed by atoms with van der Waals surface area (Å²) in [4.78, 5) is 47.7. The zero-order chi connectivity index (χ0) is 35.6. The van der Waals surface area contributed by atoms with Crippen molar-refractivity contribution in [1.29, 1.82) is 0 Å². The second-order valence-electron chi connectivity index (χ2n) is 12.8. The Hall–Kier alpha value is -4.81. The monoisotopic (exact) mass is 726 g/mol. The van der Waals surface area contributed by atoms with Crippen molar-refractivity contribution in [3.8, 4) is 39.4 Å². The van der Waals surface area contributed by atoms with Crippen LogP contribution in [-0.2, 0) is 22.7 Å². The third kappa shape index (κ3) is 7.07. The van der Waals surface area contributed by atoms with Crippen molar-refractivity contribution in [2.24, 2.45) is 0 Å². The van der Waals surface area contributed by atoms with E-state index in [1.165, 1.54) is 10.6 Å². The molecule has 0 unspecified atom stereocenters. The highest BCUT2D eigenvalue weighted by molar-refractivity contribution is 6.39. The largest absolute Gasteiger partial charge is 0.481 e. The molecule has 0 aliphatic carbocycles. The number of carboxylic acids is 1. The zero-order valence-electron chi connectivity index (χ0n) is 27.9. The summed E-state index contributed by atoms with van der Waals surface area (Å²) in [6.45, 7) is 2.05. The molecule has 0 saturated carbocycles. The highest BCUT2D eigenvalue weighted by Gasteiger charge is 2.31. The van der Waals surface area contributed by atoms with Crippen LogP contribution in [0.2, 0.25) is 10.0 Å². The van der Waals surface area contributed by atoms with Gasteiger partial charge in [0.1, 0.15) is 11.7 Å². The second-order valence-corrected chi connectivity index (χ2v) is 13.6. The van der Waals surface area contributed by atoms with Crippen molar-refractivity contribution in [2.45, 2.75) is 50.9 Å². The van der Waals surface area contributed by atoms with Gasteiger partial charge in [0.05, 0.1) is 28.4 Å². The first-order chi connectivity index (χ1) is 24.7. The van der Waals surface area contributed by atoms with Crippen LogP contribution in [0.5, 0.6) is 5.88 Å². The molecule has 0 radical (unpaired) electrons. The van der Waals surface area contributed by atoms with Crippen LogP contribution < -0.4 is 20.9 Å². The second kappa shape index (κ2) is 14.8. The minimum absolute atomic E-state index is 0.0871. The maximum absolute atomic E-state index is 13.4. The lowest BCUT2D eigenvalue weighted by Crippen LogP contribution is -2.37. The van der Waals surface area contributed by atoms with Gasteiger partial charge in [0.25, 0.3) is 5.56 Å². The van der Waals surface area contributed by atoms with E-state index in [1.54, 1.807) is 19.4 Å². The van der Waals surface area contributed by atoms with Crippen LogP contribution in [-0.4, -0.2) is 68.5 Å². The number of ether oxygens (including phenoxy) is 1. The number of methoxy groups -OCH3 is 1. The lowest BCUT2D eigenvalue weighted by Gasteiger charge is -2.20. The number of nitrogens with zero attached hydrogens (tertiary/aromatic N) is 4. The fourth-order valence-corrected chi connectivity index (χ4v) is 7.61. The van der Waals surface area contributed by atoms with E-state index in [9.17, 15) is 19.5 Å². The highest BCUT2D eigenvalue weighted by atomic mass is 35.5. The molecule has 5 aromatic rings. The number of carbonyl (C=O) groups is 2. The fraction of sp³-hybridized carbons (Fsp3) is 0.289. The molecule has 2 atom stereocenters. The van der Waals surface area contributed by atoms with Gasteiger partial charge in [-0.25, -0.2) is 9.97 Å². The molecule has 2 saturated heterocycles. The zero-order valence-corrected chi connectivity index (χ0v) is 29.4. The number of likely N-dealkylation sites (tertiary alicyclic amines) is 1. The Balaban J connectivity index is 1.14. The van der Waals surface area contributed by atoms with Gasteiger partial charge in [0, 0.05) is 72.3 Å². The van der Waals surface area contributed by atoms with Gasteiger partial charge in [-0.2, -0.15) is 0 Å². The van der Waals surface area contributed by atoms with E-state index in [0.717, 1.165) is 46.2 Å². The number of rotatable bonds is 11. The molecule has 3 aromatic heterocycles. The number of hydrogen-bond acceptors (Lipinski definition) is 8. The van der Waals surface area contributed by atoms with Gasteiger partial charge in [-0.1, -0.05) is 65.7 Å². The number of carbonyl (C=O) groups excluding carboxylic acids is 1. The van der Waals surface area contributed by atoms with Crippen LogP contribution in [0.25, 0.3) is 39.2 Å². The van der Waals surface area contributed by atoms with Gasteiger partial charge >= 0.3 is 5.97 Å². The Labute approximate surface area is 304 Å². The van der Waals surface area contributed by atoms with Crippen molar-refractivity contribution < 1.29 is 19.4 Å². The number of fused-ring (bicyclic) bond motifs is 1. The SMILES string of the molecule is COc1nc(-c2cccc(-c3cccc(-c4ccn5c(=O)c(CN6CCC[C@H]6C(=O)O)cnc5c4)c3Cl)c2Cl)ccc1CNC[C@H]1CCC(=O)N1. The van der Waals surface area contributed by atoms with Crippen LogP contribution in [0.3, 0.4) is 0 Å². The van der Waals surface area contributed by atoms with Crippen molar-refractivity contribution in [2.75, 3.05) is 20.2 Å². The highest BCUT2D eigenvalue weighted by Crippen LogP contribution is 2.42. The topological polar surface area (TPSA) is 138 Å². The fourth-order valence-electron chi connectivity index (χ4n) is 6.95. The average molecular weight is 728 g/mol. The number of hydrogen-bond donors (Lipinski definition) is 3. The molecular formula is C38H36Cl2N6O5. The maximum atomic E-state index is 13.4. The molecule has 2 aliphatic heterocycles. The molecule has 2 aromatic carbocycles. The molecule has 2 aliphatic rings. The number of pyridine rings is 2. The minimum Gasteiger partial charge on any atom is -0.481 e. The van der Waals surface area contributed by atoms with Crippen molar-refractivity contribution in [1.82, 2.24) is 29.9 Å². The van der Waals surface area contributed by atoms with Gasteiger partial charge in [-0.05, 0) is 49.6 Å². The lowest BCUT2D eigenvalue weighted by molar-refractivity contribution is -0.142. The first-order valence-corrected chi connectivity index (χ1v) is 17.6. The number of benzene rings is 2. The summed E-state index contributed by atoms with van der Waals surface area (Å²) in [5, 5.41) is 16.9. The molecule has 0 spiro atoms. The summed E-state index contributed by atoms with van der Waals surface area (Å²) in [6.07, 6.45) is 5.93. The van der Waals surface area contributed by atoms with Crippen molar-refractivity contribution in [3.63, 3.8) is 0 Å². The van der Waals surface area contributed by atoms with Gasteiger partial charge < -0.3 is 20.5 Å². The Morgan fingerprint density at radius 2 is 1.75 bits per heavy atom. The van der Waals surface area contributed by atoms with Crippen LogP contribution in [0.1, 0.15) is 36.8 Å². The quantitative estimate of drug-likeness (QED) is 0.154. The molecule has 3 N–H and O–H groups in total. The normalized spacial score (nSPS) is 17.6. The molecule has 0 bridgehead atoms. The predicted molar refractivity (Wildman–Crippen MR) is 196 cm³/mol. The summed E-state index contributed by atoms with van der Waals surface area (Å²) in [5.74, 6) is -0.306. The first kappa shape index (κ1) is 34.6. The molecule has 11 nitrogen and oxygen atoms in total. The lowest BCUT2D eigenvalue weighted by atomic mass is 9.97. The number of aromatic nitrogens is 3. The summed E-state index contributed by atoms with van der Waals surface area (Å²) in [6, 6.07) is 18.4. The van der Waals surface area contributed by atoms with E-state index in [-0.39, 0.29) is 24.1 Å². The number of carboxylic acid groups (broad SMARTS) is 1. The smallest absolute Gasteiger partial charge is 0.320 e. The van der Waals surface area contributed by atoms with Gasteiger partial charge in [0.2, 0.25) is 11.8 Å². The Bertz CT molecular complexity index is 2210. The van der Waals surface area contributed by atoms with E-state index >= 15 is 0 Å². The third-order valence-electron chi connectivity index (χ3n) is 9.60. The number of halogens is 2. The molecule has 13 heteroatoms. The van der Waals surface area contributed by atoms with E-state index in [1.807, 2.05) is 59.5 Å². The van der Waals surface area contributed by atoms with Crippen LogP contribution in [0.4, 0.5) is 0 Å². The van der Waals surface area contributed by atoms with E-state index in [4.69, 9.17) is 32.9 Å². The predicted octanol–water partition coefficient (Wildman–Crippen LogP) is 5.82. The van der Waals surface area contributed by atoms with E-state index in [2.05, 4.69) is 15.6 Å². The van der Waals surface area contributed by atoms with Gasteiger partial charge in [-0.15, -0.1) is 0 Å². The summed E-state index contributed by atoms with van der Waals surface area (Å²) < 4.78 is 7.11. The first-order valence-electron chi connectivity index (χ1n) is 16.8. The van der Waals surface area contributed by atoms with Crippen LogP contribution >= 0.6 is 23.2 Å². The Morgan fingerprint density at radius 3 is 2.47 bits per heavy atom. The van der Waals surface area contributed by atoms with Crippen LogP contribution in [0.15, 0.2) is 77.9 Å². The van der Waals surface area contributed by atoms with Crippen molar-refractivity contribution in [3.05, 3.63) is 105 Å². The number of nitrogens with one attached hydrogen (secondary N) is 2. The van der Waals surface area contributed by atoms with Crippen molar-refractivity contribution >= 4 is 40.7 Å². The maximum Gasteiger partial charge on any atom is 0.320 e. The molecule has 262 valence electrons. The molecule has 2 fully saturated rings. The Morgan fingerprint density at radius 1 is 1.00 bits per heavy atom. The average Bonchev–Trinajstić information content (AvgIpc) is 3.78. The number of amides is 1. The molecule has 51 heavy (non-hydrogen) atoms. The van der Waals surface area contributed by atoms with E-state index in [0.29, 0.717) is 65.3 Å². The van der Waals surface area contributed by atoms with Gasteiger partial charge in [-0.3, -0.25) is 23.7 Å².